The number of piperidine rings is 1. The summed E-state index contributed by atoms with van der Waals surface area (Å²) in [6.45, 7) is 4.33. The van der Waals surface area contributed by atoms with Crippen LogP contribution in [0.4, 0.5) is 5.82 Å². The molecule has 1 aliphatic rings. The van der Waals surface area contributed by atoms with E-state index in [0.29, 0.717) is 17.9 Å². The molecule has 3 rings (SSSR count). The van der Waals surface area contributed by atoms with Crippen LogP contribution < -0.4 is 5.32 Å². The maximum atomic E-state index is 12.8. The van der Waals surface area contributed by atoms with Gasteiger partial charge in [0.25, 0.3) is 5.91 Å². The molecular weight excluding hydrogens is 352 g/mol. The highest BCUT2D eigenvalue weighted by atomic mass is 32.2. The van der Waals surface area contributed by atoms with Crippen molar-refractivity contribution >= 4 is 21.7 Å². The Morgan fingerprint density at radius 2 is 1.92 bits per heavy atom. The minimum atomic E-state index is -3.53. The predicted molar refractivity (Wildman–Crippen MR) is 99.5 cm³/mol. The minimum Gasteiger partial charge on any atom is -0.307 e. The van der Waals surface area contributed by atoms with E-state index in [4.69, 9.17) is 0 Å². The lowest BCUT2D eigenvalue weighted by Gasteiger charge is -2.32. The highest BCUT2D eigenvalue weighted by Gasteiger charge is 2.30. The van der Waals surface area contributed by atoms with Crippen LogP contribution in [-0.2, 0) is 17.1 Å². The first-order valence-electron chi connectivity index (χ1n) is 8.73. The van der Waals surface area contributed by atoms with Gasteiger partial charge in [-0.25, -0.2) is 8.42 Å². The normalized spacial score (nSPS) is 18.7. The van der Waals surface area contributed by atoms with Crippen molar-refractivity contribution in [2.75, 3.05) is 11.9 Å². The molecule has 1 aromatic heterocycles. The van der Waals surface area contributed by atoms with Gasteiger partial charge in [0.1, 0.15) is 5.82 Å². The number of sulfonamides is 1. The number of hydrogen-bond acceptors (Lipinski definition) is 4. The van der Waals surface area contributed by atoms with Crippen LogP contribution in [0.15, 0.2) is 35.2 Å². The van der Waals surface area contributed by atoms with Gasteiger partial charge in [-0.2, -0.15) is 9.40 Å². The lowest BCUT2D eigenvalue weighted by molar-refractivity contribution is 0.102. The number of aryl methyl sites for hydroxylation is 2. The Labute approximate surface area is 154 Å². The molecule has 7 nitrogen and oxygen atoms in total. The quantitative estimate of drug-likeness (QED) is 0.889. The van der Waals surface area contributed by atoms with Crippen molar-refractivity contribution in [2.45, 2.75) is 44.0 Å². The number of hydrogen-bond donors (Lipinski definition) is 1. The van der Waals surface area contributed by atoms with Crippen molar-refractivity contribution in [1.29, 1.82) is 0 Å². The zero-order valence-electron chi connectivity index (χ0n) is 15.3. The molecule has 1 aromatic carbocycles. The van der Waals surface area contributed by atoms with Gasteiger partial charge in [0.2, 0.25) is 10.0 Å². The first-order valence-corrected chi connectivity index (χ1v) is 10.2. The number of rotatable bonds is 4. The van der Waals surface area contributed by atoms with E-state index in [1.165, 1.54) is 12.1 Å². The minimum absolute atomic E-state index is 0.00445. The van der Waals surface area contributed by atoms with Crippen LogP contribution in [-0.4, -0.2) is 41.0 Å². The zero-order chi connectivity index (χ0) is 18.9. The molecule has 0 aliphatic carbocycles. The molecule has 0 spiro atoms. The molecule has 1 saturated heterocycles. The van der Waals surface area contributed by atoms with Crippen molar-refractivity contribution in [3.63, 3.8) is 0 Å². The molecule has 2 heterocycles. The SMILES string of the molecule is Cc1cc(NC(=O)c2ccc(S(=O)(=O)N3CCCC[C@@H]3C)cc2)n(C)n1. The highest BCUT2D eigenvalue weighted by molar-refractivity contribution is 7.89. The fourth-order valence-electron chi connectivity index (χ4n) is 3.26. The van der Waals surface area contributed by atoms with E-state index in [2.05, 4.69) is 10.4 Å². The Balaban J connectivity index is 1.77. The Bertz CT molecular complexity index is 903. The van der Waals surface area contributed by atoms with Gasteiger partial charge < -0.3 is 5.32 Å². The molecule has 0 unspecified atom stereocenters. The standard InChI is InChI=1S/C18H24N4O3S/c1-13-12-17(21(3)20-13)19-18(23)15-7-9-16(10-8-15)26(24,25)22-11-5-4-6-14(22)2/h7-10,12,14H,4-6,11H2,1-3H3,(H,19,23)/t14-/m0/s1. The number of amides is 1. The third kappa shape index (κ3) is 3.66. The Kier molecular flexibility index (Phi) is 5.15. The lowest BCUT2D eigenvalue weighted by atomic mass is 10.1. The van der Waals surface area contributed by atoms with Crippen molar-refractivity contribution in [1.82, 2.24) is 14.1 Å². The summed E-state index contributed by atoms with van der Waals surface area (Å²) < 4.78 is 28.8. The first kappa shape index (κ1) is 18.6. The Morgan fingerprint density at radius 3 is 2.50 bits per heavy atom. The Hall–Kier alpha value is -2.19. The molecule has 1 fully saturated rings. The summed E-state index contributed by atoms with van der Waals surface area (Å²) in [4.78, 5) is 12.6. The third-order valence-corrected chi connectivity index (χ3v) is 6.74. The topological polar surface area (TPSA) is 84.3 Å². The molecule has 8 heteroatoms. The van der Waals surface area contributed by atoms with E-state index in [-0.39, 0.29) is 16.8 Å². The van der Waals surface area contributed by atoms with E-state index >= 15 is 0 Å². The predicted octanol–water partition coefficient (Wildman–Crippen LogP) is 2.54. The Morgan fingerprint density at radius 1 is 1.23 bits per heavy atom. The number of nitrogens with zero attached hydrogens (tertiary/aromatic N) is 3. The van der Waals surface area contributed by atoms with Crippen LogP contribution in [0, 0.1) is 6.92 Å². The molecule has 1 amide bonds. The van der Waals surface area contributed by atoms with Gasteiger partial charge in [-0.1, -0.05) is 6.42 Å². The van der Waals surface area contributed by atoms with Crippen molar-refractivity contribution in [3.8, 4) is 0 Å². The number of benzene rings is 1. The van der Waals surface area contributed by atoms with Crippen LogP contribution in [0.3, 0.4) is 0 Å². The van der Waals surface area contributed by atoms with Crippen LogP contribution in [0.5, 0.6) is 0 Å². The van der Waals surface area contributed by atoms with Gasteiger partial charge in [-0.3, -0.25) is 9.48 Å². The van der Waals surface area contributed by atoms with Gasteiger partial charge in [-0.15, -0.1) is 0 Å². The van der Waals surface area contributed by atoms with Crippen LogP contribution >= 0.6 is 0 Å². The van der Waals surface area contributed by atoms with Crippen molar-refractivity contribution in [2.24, 2.45) is 7.05 Å². The molecule has 26 heavy (non-hydrogen) atoms. The number of anilines is 1. The van der Waals surface area contributed by atoms with E-state index in [1.807, 2.05) is 13.8 Å². The van der Waals surface area contributed by atoms with E-state index in [1.54, 1.807) is 34.2 Å². The van der Waals surface area contributed by atoms with Gasteiger partial charge >= 0.3 is 0 Å². The second kappa shape index (κ2) is 7.20. The van der Waals surface area contributed by atoms with Crippen LogP contribution in [0.2, 0.25) is 0 Å². The van der Waals surface area contributed by atoms with Gasteiger partial charge in [0.05, 0.1) is 10.6 Å². The average Bonchev–Trinajstić information content (AvgIpc) is 2.92. The third-order valence-electron chi connectivity index (χ3n) is 4.71. The summed E-state index contributed by atoms with van der Waals surface area (Å²) >= 11 is 0. The fourth-order valence-corrected chi connectivity index (χ4v) is 4.96. The van der Waals surface area contributed by atoms with Crippen molar-refractivity contribution < 1.29 is 13.2 Å². The van der Waals surface area contributed by atoms with Gasteiger partial charge in [0, 0.05) is 31.3 Å². The molecule has 1 aliphatic heterocycles. The second-order valence-electron chi connectivity index (χ2n) is 6.73. The van der Waals surface area contributed by atoms with Crippen LogP contribution in [0.1, 0.15) is 42.2 Å². The maximum absolute atomic E-state index is 12.8. The summed E-state index contributed by atoms with van der Waals surface area (Å²) in [7, 11) is -1.78. The average molecular weight is 376 g/mol. The summed E-state index contributed by atoms with van der Waals surface area (Å²) in [6.07, 6.45) is 2.82. The lowest BCUT2D eigenvalue weighted by Crippen LogP contribution is -2.41. The van der Waals surface area contributed by atoms with Gasteiger partial charge in [0.15, 0.2) is 0 Å². The highest BCUT2D eigenvalue weighted by Crippen LogP contribution is 2.25. The molecule has 140 valence electrons. The first-order chi connectivity index (χ1) is 12.3. The monoisotopic (exact) mass is 376 g/mol. The van der Waals surface area contributed by atoms with E-state index in [0.717, 1.165) is 25.0 Å². The second-order valence-corrected chi connectivity index (χ2v) is 8.62. The molecule has 1 atom stereocenters. The summed E-state index contributed by atoms with van der Waals surface area (Å²) in [5, 5.41) is 6.96. The smallest absolute Gasteiger partial charge is 0.256 e. The maximum Gasteiger partial charge on any atom is 0.256 e. The number of carbonyl (C=O) groups is 1. The summed E-state index contributed by atoms with van der Waals surface area (Å²) in [5.74, 6) is 0.287. The largest absolute Gasteiger partial charge is 0.307 e. The molecule has 0 saturated carbocycles. The molecule has 0 bridgehead atoms. The molecular formula is C18H24N4O3S. The van der Waals surface area contributed by atoms with E-state index < -0.39 is 10.0 Å². The summed E-state index contributed by atoms with van der Waals surface area (Å²) in [5.41, 5.74) is 1.20. The van der Waals surface area contributed by atoms with Gasteiger partial charge in [-0.05, 0) is 51.0 Å². The number of aromatic nitrogens is 2. The summed E-state index contributed by atoms with van der Waals surface area (Å²) in [6, 6.07) is 7.86. The fraction of sp³-hybridized carbons (Fsp3) is 0.444. The zero-order valence-corrected chi connectivity index (χ0v) is 16.1. The number of nitrogens with one attached hydrogen (secondary N) is 1. The molecule has 2 aromatic rings. The van der Waals surface area contributed by atoms with Crippen LogP contribution in [0.25, 0.3) is 0 Å². The van der Waals surface area contributed by atoms with E-state index in [9.17, 15) is 13.2 Å². The number of carbonyl (C=O) groups excluding carboxylic acids is 1. The molecule has 1 N–H and O–H groups in total. The van der Waals surface area contributed by atoms with Crippen molar-refractivity contribution in [3.05, 3.63) is 41.6 Å². The molecule has 0 radical (unpaired) electrons.